The fourth-order valence-electron chi connectivity index (χ4n) is 4.20. The molecule has 1 aliphatic rings. The monoisotopic (exact) mass is 545 g/mol. The maximum atomic E-state index is 13.9. The van der Waals surface area contributed by atoms with Crippen LogP contribution in [0.5, 0.6) is 0 Å². The Labute approximate surface area is 232 Å². The summed E-state index contributed by atoms with van der Waals surface area (Å²) in [5, 5.41) is 8.84. The van der Waals surface area contributed by atoms with Crippen molar-refractivity contribution in [2.75, 3.05) is 17.7 Å². The number of fused-ring (bicyclic) bond motifs is 1. The van der Waals surface area contributed by atoms with Crippen LogP contribution in [0.15, 0.2) is 66.7 Å². The van der Waals surface area contributed by atoms with Gasteiger partial charge in [0.15, 0.2) is 0 Å². The zero-order chi connectivity index (χ0) is 28.9. The highest BCUT2D eigenvalue weighted by Gasteiger charge is 2.29. The average Bonchev–Trinajstić information content (AvgIpc) is 3.23. The van der Waals surface area contributed by atoms with Gasteiger partial charge in [-0.1, -0.05) is 36.4 Å². The van der Waals surface area contributed by atoms with Gasteiger partial charge in [0.05, 0.1) is 24.1 Å². The largest absolute Gasteiger partial charge is 0.469 e. The number of nitrogens with one attached hydrogen (secondary N) is 3. The van der Waals surface area contributed by atoms with E-state index in [1.807, 2.05) is 48.5 Å². The van der Waals surface area contributed by atoms with Gasteiger partial charge < -0.3 is 25.4 Å². The topological polar surface area (TPSA) is 106 Å². The second kappa shape index (κ2) is 12.0. The summed E-state index contributed by atoms with van der Waals surface area (Å²) in [6.07, 6.45) is 0.283. The Kier molecular flexibility index (Phi) is 8.52. The molecule has 0 saturated heterocycles. The number of rotatable bonds is 8. The number of alkyl carbamates (subject to hydrolysis) is 1. The van der Waals surface area contributed by atoms with Crippen molar-refractivity contribution in [1.82, 2.24) is 5.32 Å². The predicted octanol–water partition coefficient (Wildman–Crippen LogP) is 5.89. The minimum absolute atomic E-state index is 0.262. The lowest BCUT2D eigenvalue weighted by Gasteiger charge is -2.19. The number of carbonyl (C=O) groups is 3. The number of ether oxygens (including phenoxy) is 2. The van der Waals surface area contributed by atoms with Crippen molar-refractivity contribution in [2.24, 2.45) is 0 Å². The Morgan fingerprint density at radius 1 is 0.950 bits per heavy atom. The van der Waals surface area contributed by atoms with Crippen LogP contribution >= 0.6 is 0 Å². The molecule has 3 aromatic carbocycles. The molecule has 0 spiro atoms. The first-order chi connectivity index (χ1) is 19.0. The molecule has 0 unspecified atom stereocenters. The number of carbonyl (C=O) groups excluding carboxylic acids is 3. The van der Waals surface area contributed by atoms with Crippen molar-refractivity contribution >= 4 is 40.6 Å². The predicted molar refractivity (Wildman–Crippen MR) is 152 cm³/mol. The number of esters is 1. The number of hydrogen-bond acceptors (Lipinski definition) is 6. The van der Waals surface area contributed by atoms with Crippen LogP contribution < -0.4 is 16.0 Å². The second-order valence-corrected chi connectivity index (χ2v) is 10.3. The summed E-state index contributed by atoms with van der Waals surface area (Å²) < 4.78 is 23.9. The fourth-order valence-corrected chi connectivity index (χ4v) is 4.20. The molecule has 3 N–H and O–H groups in total. The first kappa shape index (κ1) is 28.4. The Balaban J connectivity index is 1.60. The van der Waals surface area contributed by atoms with E-state index < -0.39 is 17.5 Å². The molecule has 208 valence electrons. The molecule has 0 saturated carbocycles. The van der Waals surface area contributed by atoms with Crippen LogP contribution in [0.25, 0.3) is 11.3 Å². The van der Waals surface area contributed by atoms with E-state index in [1.54, 1.807) is 26.8 Å². The lowest BCUT2D eigenvalue weighted by atomic mass is 9.98. The maximum Gasteiger partial charge on any atom is 0.407 e. The van der Waals surface area contributed by atoms with E-state index in [0.29, 0.717) is 34.6 Å². The third-order valence-electron chi connectivity index (χ3n) is 6.12. The molecule has 0 aromatic heterocycles. The van der Waals surface area contributed by atoms with Gasteiger partial charge >= 0.3 is 12.1 Å². The van der Waals surface area contributed by atoms with Gasteiger partial charge in [0, 0.05) is 24.2 Å². The average molecular weight is 546 g/mol. The molecule has 9 heteroatoms. The van der Waals surface area contributed by atoms with Crippen molar-refractivity contribution in [1.29, 1.82) is 0 Å². The summed E-state index contributed by atoms with van der Waals surface area (Å²) in [6, 6.07) is 19.1. The second-order valence-electron chi connectivity index (χ2n) is 10.3. The van der Waals surface area contributed by atoms with Gasteiger partial charge in [0.25, 0.3) is 5.91 Å². The SMILES string of the molecule is COC(=O)CCc1ccc(/C(Nc2ccc(CNC(=O)OC(C)(C)C)cc2)=C2/C(=O)Nc3cc(F)ccc32)cc1. The van der Waals surface area contributed by atoms with Crippen LogP contribution in [0.3, 0.4) is 0 Å². The van der Waals surface area contributed by atoms with Crippen LogP contribution in [0.4, 0.5) is 20.6 Å². The lowest BCUT2D eigenvalue weighted by Crippen LogP contribution is -2.32. The van der Waals surface area contributed by atoms with Crippen molar-refractivity contribution in [3.8, 4) is 0 Å². The van der Waals surface area contributed by atoms with Gasteiger partial charge in [-0.15, -0.1) is 0 Å². The van der Waals surface area contributed by atoms with E-state index in [0.717, 1.165) is 16.7 Å². The molecule has 0 fully saturated rings. The van der Waals surface area contributed by atoms with Gasteiger partial charge in [0.2, 0.25) is 0 Å². The molecular formula is C31H32FN3O5. The summed E-state index contributed by atoms with van der Waals surface area (Å²) >= 11 is 0. The zero-order valence-electron chi connectivity index (χ0n) is 22.9. The highest BCUT2D eigenvalue weighted by atomic mass is 19.1. The Morgan fingerprint density at radius 2 is 1.62 bits per heavy atom. The third-order valence-corrected chi connectivity index (χ3v) is 6.12. The fraction of sp³-hybridized carbons (Fsp3) is 0.258. The molecule has 0 aliphatic carbocycles. The van der Waals surface area contributed by atoms with Crippen molar-refractivity contribution in [3.63, 3.8) is 0 Å². The maximum absolute atomic E-state index is 13.9. The molecular weight excluding hydrogens is 513 g/mol. The summed E-state index contributed by atoms with van der Waals surface area (Å²) in [4.78, 5) is 36.6. The van der Waals surface area contributed by atoms with Crippen LogP contribution in [0.1, 0.15) is 49.4 Å². The van der Waals surface area contributed by atoms with Crippen LogP contribution in [-0.2, 0) is 32.0 Å². The molecule has 0 bridgehead atoms. The number of halogens is 1. The summed E-state index contributed by atoms with van der Waals surface area (Å²) in [6.45, 7) is 5.69. The van der Waals surface area contributed by atoms with E-state index in [-0.39, 0.29) is 24.8 Å². The first-order valence-electron chi connectivity index (χ1n) is 12.9. The van der Waals surface area contributed by atoms with Crippen LogP contribution in [-0.4, -0.2) is 30.7 Å². The number of hydrogen-bond donors (Lipinski definition) is 3. The lowest BCUT2D eigenvalue weighted by molar-refractivity contribution is -0.140. The number of anilines is 2. The number of aryl methyl sites for hydroxylation is 1. The molecule has 3 aromatic rings. The number of benzene rings is 3. The Hall–Kier alpha value is -4.66. The van der Waals surface area contributed by atoms with Gasteiger partial charge in [-0.3, -0.25) is 9.59 Å². The van der Waals surface area contributed by atoms with Crippen molar-refractivity contribution in [2.45, 2.75) is 45.8 Å². The molecule has 2 amide bonds. The molecule has 0 atom stereocenters. The first-order valence-corrected chi connectivity index (χ1v) is 12.9. The molecule has 1 heterocycles. The highest BCUT2D eigenvalue weighted by Crippen LogP contribution is 2.38. The number of amides is 2. The minimum atomic E-state index is -0.585. The summed E-state index contributed by atoms with van der Waals surface area (Å²) in [5.74, 6) is -1.08. The van der Waals surface area contributed by atoms with Gasteiger partial charge in [-0.05, 0) is 74.2 Å². The molecule has 40 heavy (non-hydrogen) atoms. The van der Waals surface area contributed by atoms with E-state index in [4.69, 9.17) is 9.47 Å². The molecule has 4 rings (SSSR count). The Morgan fingerprint density at radius 3 is 2.27 bits per heavy atom. The van der Waals surface area contributed by atoms with E-state index in [1.165, 1.54) is 19.2 Å². The zero-order valence-corrected chi connectivity index (χ0v) is 22.9. The molecule has 1 aliphatic heterocycles. The van der Waals surface area contributed by atoms with Crippen LogP contribution in [0.2, 0.25) is 0 Å². The van der Waals surface area contributed by atoms with Gasteiger partial charge in [0.1, 0.15) is 11.4 Å². The Bertz CT molecular complexity index is 1440. The summed E-state index contributed by atoms with van der Waals surface area (Å²) in [5.41, 5.74) is 4.58. The third kappa shape index (κ3) is 7.25. The highest BCUT2D eigenvalue weighted by molar-refractivity contribution is 6.37. The van der Waals surface area contributed by atoms with Gasteiger partial charge in [-0.25, -0.2) is 9.18 Å². The molecule has 8 nitrogen and oxygen atoms in total. The summed E-state index contributed by atoms with van der Waals surface area (Å²) in [7, 11) is 1.36. The minimum Gasteiger partial charge on any atom is -0.469 e. The number of methoxy groups -OCH3 is 1. The van der Waals surface area contributed by atoms with Crippen molar-refractivity contribution < 1.29 is 28.2 Å². The smallest absolute Gasteiger partial charge is 0.407 e. The van der Waals surface area contributed by atoms with E-state index >= 15 is 0 Å². The van der Waals surface area contributed by atoms with Crippen molar-refractivity contribution in [3.05, 3.63) is 94.8 Å². The van der Waals surface area contributed by atoms with Crippen LogP contribution in [0, 0.1) is 5.82 Å². The molecule has 0 radical (unpaired) electrons. The van der Waals surface area contributed by atoms with E-state index in [9.17, 15) is 18.8 Å². The standard InChI is InChI=1S/C31H32FN3O5/c1-31(2,3)40-30(38)33-18-20-7-13-23(14-8-20)34-28(21-10-5-19(6-11-21)9-16-26(36)39-4)27-24-15-12-22(32)17-25(24)35-29(27)37/h5-8,10-15,17,34H,9,16,18H2,1-4H3,(H,33,38)(H,35,37)/b28-27-. The van der Waals surface area contributed by atoms with Gasteiger partial charge in [-0.2, -0.15) is 0 Å². The van der Waals surface area contributed by atoms with E-state index in [2.05, 4.69) is 16.0 Å². The quantitative estimate of drug-likeness (QED) is 0.241. The normalized spacial score (nSPS) is 13.7.